The maximum atomic E-state index is 12.0. The van der Waals surface area contributed by atoms with Crippen LogP contribution in [0, 0.1) is 5.92 Å². The summed E-state index contributed by atoms with van der Waals surface area (Å²) in [5, 5.41) is 0. The lowest BCUT2D eigenvalue weighted by atomic mass is 10.1. The SMILES string of the molecule is CC(C)CCCOC(=O)CCc1nc(-c2ccccc2)c(-c2ccccc2)o1. The van der Waals surface area contributed by atoms with Gasteiger partial charge in [-0.1, -0.05) is 74.5 Å². The Hall–Kier alpha value is -2.88. The van der Waals surface area contributed by atoms with Crippen molar-refractivity contribution < 1.29 is 13.9 Å². The molecule has 3 aromatic rings. The molecule has 0 amide bonds. The molecular weight excluding hydrogens is 350 g/mol. The molecule has 1 aromatic heterocycles. The maximum Gasteiger partial charge on any atom is 0.306 e. The summed E-state index contributed by atoms with van der Waals surface area (Å²) in [6, 6.07) is 19.9. The second-order valence-electron chi connectivity index (χ2n) is 7.27. The van der Waals surface area contributed by atoms with E-state index < -0.39 is 0 Å². The number of rotatable bonds is 9. The highest BCUT2D eigenvalue weighted by molar-refractivity contribution is 5.77. The standard InChI is InChI=1S/C24H27NO3/c1-18(2)10-9-17-27-22(26)16-15-21-25-23(19-11-5-3-6-12-19)24(28-21)20-13-7-4-8-14-20/h3-8,11-14,18H,9-10,15-17H2,1-2H3. The van der Waals surface area contributed by atoms with Gasteiger partial charge >= 0.3 is 5.97 Å². The molecule has 0 spiro atoms. The number of aryl methyl sites for hydroxylation is 1. The van der Waals surface area contributed by atoms with E-state index in [1.807, 2.05) is 60.7 Å². The molecule has 0 atom stereocenters. The van der Waals surface area contributed by atoms with Crippen molar-refractivity contribution in [3.63, 3.8) is 0 Å². The lowest BCUT2D eigenvalue weighted by Gasteiger charge is -2.05. The number of hydrogen-bond acceptors (Lipinski definition) is 4. The van der Waals surface area contributed by atoms with Crippen molar-refractivity contribution in [2.45, 2.75) is 39.5 Å². The van der Waals surface area contributed by atoms with Crippen molar-refractivity contribution in [3.05, 3.63) is 66.6 Å². The second-order valence-corrected chi connectivity index (χ2v) is 7.27. The van der Waals surface area contributed by atoms with Crippen LogP contribution in [-0.4, -0.2) is 17.6 Å². The van der Waals surface area contributed by atoms with Crippen molar-refractivity contribution in [3.8, 4) is 22.6 Å². The molecule has 0 aliphatic carbocycles. The molecule has 4 heteroatoms. The van der Waals surface area contributed by atoms with E-state index in [4.69, 9.17) is 9.15 Å². The van der Waals surface area contributed by atoms with Gasteiger partial charge in [0.15, 0.2) is 11.7 Å². The topological polar surface area (TPSA) is 52.3 Å². The van der Waals surface area contributed by atoms with Crippen LogP contribution in [0.15, 0.2) is 65.1 Å². The van der Waals surface area contributed by atoms with Crippen LogP contribution in [0.4, 0.5) is 0 Å². The second kappa shape index (κ2) is 9.88. The molecule has 4 nitrogen and oxygen atoms in total. The molecule has 0 aliphatic heterocycles. The summed E-state index contributed by atoms with van der Waals surface area (Å²) < 4.78 is 11.4. The van der Waals surface area contributed by atoms with Gasteiger partial charge in [-0.15, -0.1) is 0 Å². The first-order valence-corrected chi connectivity index (χ1v) is 9.89. The molecule has 0 fully saturated rings. The highest BCUT2D eigenvalue weighted by atomic mass is 16.5. The molecule has 0 bridgehead atoms. The number of ether oxygens (including phenoxy) is 1. The van der Waals surface area contributed by atoms with E-state index in [1.54, 1.807) is 0 Å². The summed E-state index contributed by atoms with van der Waals surface area (Å²) >= 11 is 0. The Labute approximate surface area is 166 Å². The number of nitrogens with zero attached hydrogens (tertiary/aromatic N) is 1. The molecular formula is C24H27NO3. The minimum atomic E-state index is -0.204. The number of carbonyl (C=O) groups excluding carboxylic acids is 1. The Morgan fingerprint density at radius 3 is 2.29 bits per heavy atom. The van der Waals surface area contributed by atoms with Crippen molar-refractivity contribution >= 4 is 5.97 Å². The Bertz CT molecular complexity index is 812. The van der Waals surface area contributed by atoms with Gasteiger partial charge in [0, 0.05) is 17.5 Å². The van der Waals surface area contributed by atoms with Crippen LogP contribution in [0.5, 0.6) is 0 Å². The summed E-state index contributed by atoms with van der Waals surface area (Å²) in [5.41, 5.74) is 2.76. The van der Waals surface area contributed by atoms with Gasteiger partial charge in [0.1, 0.15) is 5.69 Å². The van der Waals surface area contributed by atoms with Gasteiger partial charge < -0.3 is 9.15 Å². The molecule has 3 rings (SSSR count). The summed E-state index contributed by atoms with van der Waals surface area (Å²) in [4.78, 5) is 16.7. The van der Waals surface area contributed by atoms with Crippen LogP contribution in [0.2, 0.25) is 0 Å². The molecule has 28 heavy (non-hydrogen) atoms. The van der Waals surface area contributed by atoms with Crippen LogP contribution >= 0.6 is 0 Å². The molecule has 0 radical (unpaired) electrons. The van der Waals surface area contributed by atoms with E-state index in [0.29, 0.717) is 24.8 Å². The Morgan fingerprint density at radius 2 is 1.64 bits per heavy atom. The highest BCUT2D eigenvalue weighted by Crippen LogP contribution is 2.32. The predicted molar refractivity (Wildman–Crippen MR) is 111 cm³/mol. The maximum absolute atomic E-state index is 12.0. The van der Waals surface area contributed by atoms with Gasteiger partial charge in [0.05, 0.1) is 13.0 Å². The predicted octanol–water partition coefficient (Wildman–Crippen LogP) is 5.92. The van der Waals surface area contributed by atoms with Crippen LogP contribution in [0.25, 0.3) is 22.6 Å². The monoisotopic (exact) mass is 377 g/mol. The summed E-state index contributed by atoms with van der Waals surface area (Å²) in [6.45, 7) is 4.81. The quantitative estimate of drug-likeness (QED) is 0.343. The van der Waals surface area contributed by atoms with Crippen molar-refractivity contribution in [2.75, 3.05) is 6.61 Å². The number of oxazole rings is 1. The largest absolute Gasteiger partial charge is 0.466 e. The Balaban J connectivity index is 1.69. The molecule has 0 saturated heterocycles. The third-order valence-electron chi connectivity index (χ3n) is 4.49. The lowest BCUT2D eigenvalue weighted by Crippen LogP contribution is -2.07. The number of carbonyl (C=O) groups is 1. The number of hydrogen-bond donors (Lipinski definition) is 0. The third-order valence-corrected chi connectivity index (χ3v) is 4.49. The van der Waals surface area contributed by atoms with E-state index in [1.165, 1.54) is 0 Å². The highest BCUT2D eigenvalue weighted by Gasteiger charge is 2.17. The molecule has 1 heterocycles. The fourth-order valence-corrected chi connectivity index (χ4v) is 3.01. The summed E-state index contributed by atoms with van der Waals surface area (Å²) in [7, 11) is 0. The zero-order valence-electron chi connectivity index (χ0n) is 16.6. The molecule has 146 valence electrons. The van der Waals surface area contributed by atoms with Crippen LogP contribution < -0.4 is 0 Å². The van der Waals surface area contributed by atoms with Crippen molar-refractivity contribution in [1.82, 2.24) is 4.98 Å². The normalized spacial score (nSPS) is 11.0. The van der Waals surface area contributed by atoms with E-state index in [9.17, 15) is 4.79 Å². The van der Waals surface area contributed by atoms with Crippen molar-refractivity contribution in [2.24, 2.45) is 5.92 Å². The first-order valence-electron chi connectivity index (χ1n) is 9.89. The van der Waals surface area contributed by atoms with Crippen molar-refractivity contribution in [1.29, 1.82) is 0 Å². The van der Waals surface area contributed by atoms with E-state index in [0.717, 1.165) is 35.4 Å². The van der Waals surface area contributed by atoms with E-state index in [2.05, 4.69) is 18.8 Å². The average molecular weight is 377 g/mol. The van der Waals surface area contributed by atoms with Gasteiger partial charge in [-0.25, -0.2) is 4.98 Å². The average Bonchev–Trinajstić information content (AvgIpc) is 3.15. The lowest BCUT2D eigenvalue weighted by molar-refractivity contribution is -0.143. The first kappa shape index (κ1) is 19.9. The minimum Gasteiger partial charge on any atom is -0.466 e. The Kier molecular flexibility index (Phi) is 7.01. The molecule has 0 aliphatic rings. The van der Waals surface area contributed by atoms with E-state index in [-0.39, 0.29) is 12.4 Å². The van der Waals surface area contributed by atoms with Crippen LogP contribution in [0.3, 0.4) is 0 Å². The van der Waals surface area contributed by atoms with Crippen LogP contribution in [0.1, 0.15) is 39.0 Å². The smallest absolute Gasteiger partial charge is 0.306 e. The summed E-state index contributed by atoms with van der Waals surface area (Å²) in [6.07, 6.45) is 2.66. The third kappa shape index (κ3) is 5.56. The van der Waals surface area contributed by atoms with Gasteiger partial charge in [-0.2, -0.15) is 0 Å². The fourth-order valence-electron chi connectivity index (χ4n) is 3.01. The van der Waals surface area contributed by atoms with Gasteiger partial charge in [0.2, 0.25) is 0 Å². The number of aromatic nitrogens is 1. The number of benzene rings is 2. The van der Waals surface area contributed by atoms with E-state index >= 15 is 0 Å². The Morgan fingerprint density at radius 1 is 1.00 bits per heavy atom. The summed E-state index contributed by atoms with van der Waals surface area (Å²) in [5.74, 6) is 1.70. The molecule has 0 saturated carbocycles. The molecule has 0 N–H and O–H groups in total. The number of esters is 1. The molecule has 2 aromatic carbocycles. The van der Waals surface area contributed by atoms with Gasteiger partial charge in [-0.05, 0) is 18.8 Å². The first-order chi connectivity index (χ1) is 13.6. The van der Waals surface area contributed by atoms with Crippen LogP contribution in [-0.2, 0) is 16.0 Å². The van der Waals surface area contributed by atoms with Gasteiger partial charge in [-0.3, -0.25) is 4.79 Å². The zero-order valence-corrected chi connectivity index (χ0v) is 16.6. The van der Waals surface area contributed by atoms with Gasteiger partial charge in [0.25, 0.3) is 0 Å². The molecule has 0 unspecified atom stereocenters. The fraction of sp³-hybridized carbons (Fsp3) is 0.333. The zero-order chi connectivity index (χ0) is 19.8. The minimum absolute atomic E-state index is 0.204.